The zero-order chi connectivity index (χ0) is 24.7. The van der Waals surface area contributed by atoms with Crippen LogP contribution in [0.25, 0.3) is 16.5 Å². The van der Waals surface area contributed by atoms with Crippen LogP contribution in [-0.4, -0.2) is 51.9 Å². The minimum atomic E-state index is -1.15. The number of allylic oxidation sites excluding steroid dienone is 1. The van der Waals surface area contributed by atoms with Crippen molar-refractivity contribution in [3.05, 3.63) is 59.0 Å². The maximum absolute atomic E-state index is 12.9. The second-order valence-electron chi connectivity index (χ2n) is 6.87. The van der Waals surface area contributed by atoms with Gasteiger partial charge in [-0.1, -0.05) is 12.1 Å². The van der Waals surface area contributed by atoms with Crippen molar-refractivity contribution < 1.29 is 38.4 Å². The lowest BCUT2D eigenvalue weighted by Crippen LogP contribution is -2.11. The molecule has 0 atom stereocenters. The Morgan fingerprint density at radius 1 is 0.912 bits per heavy atom. The SMILES string of the molecule is COc1cc(C(=O)/C=C/c2cc(OC)c(OC)c(-c3cccs3)c2)cc(OC)c1OCC(=O)O. The summed E-state index contributed by atoms with van der Waals surface area (Å²) in [6.07, 6.45) is 3.10. The molecule has 0 spiro atoms. The summed E-state index contributed by atoms with van der Waals surface area (Å²) < 4.78 is 26.9. The zero-order valence-electron chi connectivity index (χ0n) is 19.1. The molecule has 9 heteroatoms. The Labute approximate surface area is 200 Å². The predicted octanol–water partition coefficient (Wildman–Crippen LogP) is 4.81. The summed E-state index contributed by atoms with van der Waals surface area (Å²) in [6, 6.07) is 10.6. The quantitative estimate of drug-likeness (QED) is 0.306. The number of carbonyl (C=O) groups is 2. The molecule has 34 heavy (non-hydrogen) atoms. The van der Waals surface area contributed by atoms with E-state index in [4.69, 9.17) is 28.8 Å². The second-order valence-corrected chi connectivity index (χ2v) is 7.82. The summed E-state index contributed by atoms with van der Waals surface area (Å²) in [5.41, 5.74) is 1.88. The predicted molar refractivity (Wildman–Crippen MR) is 129 cm³/mol. The lowest BCUT2D eigenvalue weighted by Gasteiger charge is -2.14. The first-order chi connectivity index (χ1) is 16.4. The summed E-state index contributed by atoms with van der Waals surface area (Å²) >= 11 is 1.57. The van der Waals surface area contributed by atoms with Crippen LogP contribution in [0, 0.1) is 0 Å². The Bertz CT molecular complexity index is 1170. The van der Waals surface area contributed by atoms with Crippen molar-refractivity contribution in [3.63, 3.8) is 0 Å². The first-order valence-corrected chi connectivity index (χ1v) is 10.9. The van der Waals surface area contributed by atoms with Crippen molar-refractivity contribution in [2.45, 2.75) is 0 Å². The molecule has 0 saturated carbocycles. The van der Waals surface area contributed by atoms with E-state index in [0.717, 1.165) is 16.0 Å². The summed E-state index contributed by atoms with van der Waals surface area (Å²) in [6.45, 7) is -0.578. The van der Waals surface area contributed by atoms with Crippen molar-refractivity contribution in [1.82, 2.24) is 0 Å². The fourth-order valence-electron chi connectivity index (χ4n) is 3.26. The van der Waals surface area contributed by atoms with E-state index in [1.165, 1.54) is 32.4 Å². The number of rotatable bonds is 11. The van der Waals surface area contributed by atoms with Crippen molar-refractivity contribution >= 4 is 29.2 Å². The van der Waals surface area contributed by atoms with Crippen LogP contribution in [0.2, 0.25) is 0 Å². The molecule has 0 aliphatic heterocycles. The molecular formula is C25H24O8S. The Morgan fingerprint density at radius 2 is 1.56 bits per heavy atom. The van der Waals surface area contributed by atoms with Gasteiger partial charge in [-0.25, -0.2) is 4.79 Å². The fraction of sp³-hybridized carbons (Fsp3) is 0.200. The van der Waals surface area contributed by atoms with E-state index in [1.54, 1.807) is 37.7 Å². The molecule has 0 aliphatic carbocycles. The van der Waals surface area contributed by atoms with Crippen LogP contribution in [-0.2, 0) is 4.79 Å². The Morgan fingerprint density at radius 3 is 2.09 bits per heavy atom. The third kappa shape index (κ3) is 5.49. The van der Waals surface area contributed by atoms with E-state index in [9.17, 15) is 9.59 Å². The number of ether oxygens (including phenoxy) is 5. The zero-order valence-corrected chi connectivity index (χ0v) is 19.9. The number of carboxylic acids is 1. The van der Waals surface area contributed by atoms with Crippen LogP contribution < -0.4 is 23.7 Å². The largest absolute Gasteiger partial charge is 0.493 e. The molecule has 1 aromatic heterocycles. The third-order valence-electron chi connectivity index (χ3n) is 4.80. The lowest BCUT2D eigenvalue weighted by atomic mass is 10.0. The molecule has 0 aliphatic rings. The highest BCUT2D eigenvalue weighted by molar-refractivity contribution is 7.13. The maximum Gasteiger partial charge on any atom is 0.341 e. The number of ketones is 1. The molecule has 1 N–H and O–H groups in total. The smallest absolute Gasteiger partial charge is 0.341 e. The van der Waals surface area contributed by atoms with Gasteiger partial charge in [0.05, 0.1) is 28.4 Å². The highest BCUT2D eigenvalue weighted by Gasteiger charge is 2.18. The van der Waals surface area contributed by atoms with Gasteiger partial charge >= 0.3 is 5.97 Å². The van der Waals surface area contributed by atoms with Gasteiger partial charge in [-0.3, -0.25) is 4.79 Å². The van der Waals surface area contributed by atoms with Crippen molar-refractivity contribution in [1.29, 1.82) is 0 Å². The number of hydrogen-bond donors (Lipinski definition) is 1. The molecule has 0 fully saturated rings. The molecule has 0 bridgehead atoms. The van der Waals surface area contributed by atoms with Crippen molar-refractivity contribution in [2.75, 3.05) is 35.0 Å². The summed E-state index contributed by atoms with van der Waals surface area (Å²) in [4.78, 5) is 24.8. The van der Waals surface area contributed by atoms with Crippen LogP contribution in [0.3, 0.4) is 0 Å². The van der Waals surface area contributed by atoms with Crippen molar-refractivity contribution in [3.8, 4) is 39.2 Å². The van der Waals surface area contributed by atoms with Crippen LogP contribution in [0.15, 0.2) is 47.9 Å². The summed E-state index contributed by atoms with van der Waals surface area (Å²) in [5.74, 6) is 0.168. The van der Waals surface area contributed by atoms with Crippen molar-refractivity contribution in [2.24, 2.45) is 0 Å². The normalized spacial score (nSPS) is 10.7. The highest BCUT2D eigenvalue weighted by atomic mass is 32.1. The van der Waals surface area contributed by atoms with Crippen LogP contribution in [0.1, 0.15) is 15.9 Å². The van der Waals surface area contributed by atoms with Gasteiger partial charge < -0.3 is 28.8 Å². The maximum atomic E-state index is 12.9. The third-order valence-corrected chi connectivity index (χ3v) is 5.70. The average Bonchev–Trinajstić information content (AvgIpc) is 3.39. The number of aliphatic carboxylic acids is 1. The van der Waals surface area contributed by atoms with Crippen LogP contribution in [0.5, 0.6) is 28.7 Å². The molecular weight excluding hydrogens is 460 g/mol. The molecule has 2 aromatic carbocycles. The van der Waals surface area contributed by atoms with E-state index in [2.05, 4.69) is 0 Å². The topological polar surface area (TPSA) is 101 Å². The van der Waals surface area contributed by atoms with Gasteiger partial charge in [-0.05, 0) is 47.4 Å². The summed E-state index contributed by atoms with van der Waals surface area (Å²) in [7, 11) is 5.92. The Kier molecular flexibility index (Phi) is 8.15. The molecule has 0 saturated heterocycles. The molecule has 3 rings (SSSR count). The minimum Gasteiger partial charge on any atom is -0.493 e. The van der Waals surface area contributed by atoms with Gasteiger partial charge in [0, 0.05) is 16.0 Å². The van der Waals surface area contributed by atoms with Gasteiger partial charge in [-0.15, -0.1) is 11.3 Å². The molecule has 1 heterocycles. The number of hydrogen-bond acceptors (Lipinski definition) is 8. The first kappa shape index (κ1) is 24.7. The van der Waals surface area contributed by atoms with E-state index in [-0.39, 0.29) is 28.6 Å². The van der Waals surface area contributed by atoms with E-state index >= 15 is 0 Å². The fourth-order valence-corrected chi connectivity index (χ4v) is 4.00. The molecule has 8 nitrogen and oxygen atoms in total. The van der Waals surface area contributed by atoms with E-state index in [1.807, 2.05) is 23.6 Å². The monoisotopic (exact) mass is 484 g/mol. The van der Waals surface area contributed by atoms with Crippen LogP contribution >= 0.6 is 11.3 Å². The van der Waals surface area contributed by atoms with Crippen LogP contribution in [0.4, 0.5) is 0 Å². The molecule has 0 amide bonds. The number of thiophene rings is 1. The average molecular weight is 485 g/mol. The lowest BCUT2D eigenvalue weighted by molar-refractivity contribution is -0.139. The second kappa shape index (κ2) is 11.2. The van der Waals surface area contributed by atoms with E-state index in [0.29, 0.717) is 11.5 Å². The molecule has 178 valence electrons. The van der Waals surface area contributed by atoms with Gasteiger partial charge in [0.25, 0.3) is 0 Å². The van der Waals surface area contributed by atoms with E-state index < -0.39 is 12.6 Å². The van der Waals surface area contributed by atoms with Gasteiger partial charge in [0.15, 0.2) is 35.4 Å². The Balaban J connectivity index is 1.95. The minimum absolute atomic E-state index is 0.105. The highest BCUT2D eigenvalue weighted by Crippen LogP contribution is 2.42. The van der Waals surface area contributed by atoms with Gasteiger partial charge in [0.2, 0.25) is 5.75 Å². The molecule has 3 aromatic rings. The molecule has 0 radical (unpaired) electrons. The standard InChI is InChI=1S/C25H24O8S/c1-29-19-11-15(10-17(24(19)32-4)22-6-5-9-34-22)7-8-18(26)16-12-20(30-2)25(21(13-16)31-3)33-14-23(27)28/h5-13H,14H2,1-4H3,(H,27,28)/b8-7+. The Hall–Kier alpha value is -3.98. The molecule has 0 unspecified atom stereocenters. The number of methoxy groups -OCH3 is 4. The van der Waals surface area contributed by atoms with Gasteiger partial charge in [-0.2, -0.15) is 0 Å². The number of carbonyl (C=O) groups excluding carboxylic acids is 1. The number of carboxylic acid groups (broad SMARTS) is 1. The van der Waals surface area contributed by atoms with Gasteiger partial charge in [0.1, 0.15) is 0 Å². The number of benzene rings is 2. The first-order valence-electron chi connectivity index (χ1n) is 10.0. The summed E-state index contributed by atoms with van der Waals surface area (Å²) in [5, 5.41) is 10.9.